The Hall–Kier alpha value is -1.04. The lowest BCUT2D eigenvalue weighted by atomic mass is 10.2. The van der Waals surface area contributed by atoms with E-state index >= 15 is 0 Å². The van der Waals surface area contributed by atoms with Gasteiger partial charge < -0.3 is 4.42 Å². The number of benzene rings is 1. The second kappa shape index (κ2) is 4.33. The summed E-state index contributed by atoms with van der Waals surface area (Å²) in [5.41, 5.74) is -0.134. The zero-order valence-corrected chi connectivity index (χ0v) is 10.5. The van der Waals surface area contributed by atoms with Crippen LogP contribution in [0.15, 0.2) is 21.0 Å². The normalized spacial score (nSPS) is 12.3. The van der Waals surface area contributed by atoms with Crippen molar-refractivity contribution in [1.82, 2.24) is 4.98 Å². The van der Waals surface area contributed by atoms with Gasteiger partial charge in [0.1, 0.15) is 5.52 Å². The minimum atomic E-state index is -4.37. The summed E-state index contributed by atoms with van der Waals surface area (Å²) in [7, 11) is 0. The Labute approximate surface area is 104 Å². The first-order valence-corrected chi connectivity index (χ1v) is 5.87. The third kappa shape index (κ3) is 2.46. The van der Waals surface area contributed by atoms with Crippen LogP contribution < -0.4 is 0 Å². The molecule has 0 bridgehead atoms. The number of oxazole rings is 1. The van der Waals surface area contributed by atoms with Crippen molar-refractivity contribution >= 4 is 27.0 Å². The van der Waals surface area contributed by atoms with Crippen LogP contribution in [-0.4, -0.2) is 4.98 Å². The number of fused-ring (bicyclic) bond motifs is 1. The molecule has 92 valence electrons. The molecule has 0 amide bonds. The molecule has 1 aromatic heterocycles. The van der Waals surface area contributed by atoms with Crippen LogP contribution in [0.3, 0.4) is 0 Å². The number of aromatic nitrogens is 1. The maximum atomic E-state index is 12.6. The number of alkyl halides is 3. The molecule has 6 heteroatoms. The topological polar surface area (TPSA) is 26.0 Å². The summed E-state index contributed by atoms with van der Waals surface area (Å²) in [5.74, 6) is 0.461. The summed E-state index contributed by atoms with van der Waals surface area (Å²) in [4.78, 5) is 4.04. The van der Waals surface area contributed by atoms with Gasteiger partial charge in [0.25, 0.3) is 0 Å². The maximum absolute atomic E-state index is 12.6. The van der Waals surface area contributed by atoms with Gasteiger partial charge >= 0.3 is 6.18 Å². The van der Waals surface area contributed by atoms with Crippen molar-refractivity contribution in [3.8, 4) is 0 Å². The van der Waals surface area contributed by atoms with Crippen molar-refractivity contribution in [2.45, 2.75) is 25.9 Å². The van der Waals surface area contributed by atoms with Crippen LogP contribution >= 0.6 is 15.9 Å². The van der Waals surface area contributed by atoms with E-state index in [2.05, 4.69) is 20.9 Å². The standard InChI is InChI=1S/C11H9BrF3NO/c1-2-3-9-16-8-5-6(11(13,14)15)4-7(12)10(8)17-9/h4-5H,2-3H2,1H3. The van der Waals surface area contributed by atoms with E-state index in [0.29, 0.717) is 17.9 Å². The van der Waals surface area contributed by atoms with E-state index in [1.54, 1.807) is 0 Å². The highest BCUT2D eigenvalue weighted by atomic mass is 79.9. The third-order valence-electron chi connectivity index (χ3n) is 2.28. The average molecular weight is 308 g/mol. The van der Waals surface area contributed by atoms with Crippen LogP contribution in [0, 0.1) is 0 Å². The Morgan fingerprint density at radius 3 is 2.65 bits per heavy atom. The Kier molecular flexibility index (Phi) is 3.16. The molecular weight excluding hydrogens is 299 g/mol. The number of aryl methyl sites for hydroxylation is 1. The molecule has 0 saturated heterocycles. The summed E-state index contributed by atoms with van der Waals surface area (Å²) < 4.78 is 43.4. The SMILES string of the molecule is CCCc1nc2cc(C(F)(F)F)cc(Br)c2o1. The van der Waals surface area contributed by atoms with Crippen molar-refractivity contribution in [3.05, 3.63) is 28.1 Å². The quantitative estimate of drug-likeness (QED) is 0.813. The van der Waals surface area contributed by atoms with E-state index in [1.165, 1.54) is 0 Å². The molecule has 0 aliphatic carbocycles. The largest absolute Gasteiger partial charge is 0.440 e. The molecule has 2 rings (SSSR count). The molecule has 0 saturated carbocycles. The summed E-state index contributed by atoms with van der Waals surface area (Å²) >= 11 is 3.07. The van der Waals surface area contributed by atoms with E-state index in [4.69, 9.17) is 4.42 Å². The highest BCUT2D eigenvalue weighted by Gasteiger charge is 2.32. The second-order valence-corrected chi connectivity index (χ2v) is 4.52. The van der Waals surface area contributed by atoms with Gasteiger partial charge in [-0.2, -0.15) is 13.2 Å². The monoisotopic (exact) mass is 307 g/mol. The minimum absolute atomic E-state index is 0.232. The summed E-state index contributed by atoms with van der Waals surface area (Å²) in [6.45, 7) is 1.95. The van der Waals surface area contributed by atoms with Crippen LogP contribution in [0.5, 0.6) is 0 Å². The Morgan fingerprint density at radius 1 is 1.35 bits per heavy atom. The molecule has 17 heavy (non-hydrogen) atoms. The molecule has 0 N–H and O–H groups in total. The minimum Gasteiger partial charge on any atom is -0.440 e. The number of hydrogen-bond acceptors (Lipinski definition) is 2. The van der Waals surface area contributed by atoms with Crippen LogP contribution in [-0.2, 0) is 12.6 Å². The van der Waals surface area contributed by atoms with E-state index in [9.17, 15) is 13.2 Å². The molecule has 0 unspecified atom stereocenters. The lowest BCUT2D eigenvalue weighted by Crippen LogP contribution is -2.04. The van der Waals surface area contributed by atoms with E-state index in [-0.39, 0.29) is 9.99 Å². The van der Waals surface area contributed by atoms with E-state index < -0.39 is 11.7 Å². The van der Waals surface area contributed by atoms with Crippen LogP contribution in [0.1, 0.15) is 24.8 Å². The predicted octanol–water partition coefficient (Wildman–Crippen LogP) is 4.56. The van der Waals surface area contributed by atoms with E-state index in [1.807, 2.05) is 6.92 Å². The van der Waals surface area contributed by atoms with E-state index in [0.717, 1.165) is 18.6 Å². The van der Waals surface area contributed by atoms with Gasteiger partial charge in [-0.25, -0.2) is 4.98 Å². The van der Waals surface area contributed by atoms with Gasteiger partial charge in [-0.3, -0.25) is 0 Å². The van der Waals surface area contributed by atoms with Crippen molar-refractivity contribution in [2.24, 2.45) is 0 Å². The predicted molar refractivity (Wildman–Crippen MR) is 60.7 cm³/mol. The zero-order chi connectivity index (χ0) is 12.6. The molecule has 1 aromatic carbocycles. The molecule has 0 radical (unpaired) electrons. The number of rotatable bonds is 2. The summed E-state index contributed by atoms with van der Waals surface area (Å²) in [6, 6.07) is 2.01. The first-order chi connectivity index (χ1) is 7.91. The third-order valence-corrected chi connectivity index (χ3v) is 2.87. The average Bonchev–Trinajstić information content (AvgIpc) is 2.60. The van der Waals surface area contributed by atoms with Crippen molar-refractivity contribution < 1.29 is 17.6 Å². The fourth-order valence-corrected chi connectivity index (χ4v) is 2.05. The summed E-state index contributed by atoms with van der Waals surface area (Å²) in [6.07, 6.45) is -2.93. The molecule has 0 aliphatic rings. The number of hydrogen-bond donors (Lipinski definition) is 0. The van der Waals surface area contributed by atoms with Gasteiger partial charge in [0.05, 0.1) is 10.0 Å². The van der Waals surface area contributed by atoms with Gasteiger partial charge in [0, 0.05) is 6.42 Å². The highest BCUT2D eigenvalue weighted by molar-refractivity contribution is 9.10. The number of halogens is 4. The van der Waals surface area contributed by atoms with Crippen LogP contribution in [0.25, 0.3) is 11.1 Å². The highest BCUT2D eigenvalue weighted by Crippen LogP contribution is 2.35. The van der Waals surface area contributed by atoms with Gasteiger partial charge in [0.15, 0.2) is 11.5 Å². The van der Waals surface area contributed by atoms with Crippen molar-refractivity contribution in [3.63, 3.8) is 0 Å². The van der Waals surface area contributed by atoms with Gasteiger partial charge in [-0.1, -0.05) is 6.92 Å². The lowest BCUT2D eigenvalue weighted by Gasteiger charge is -2.06. The summed E-state index contributed by atoms with van der Waals surface area (Å²) in [5, 5.41) is 0. The fraction of sp³-hybridized carbons (Fsp3) is 0.364. The van der Waals surface area contributed by atoms with Crippen molar-refractivity contribution in [1.29, 1.82) is 0 Å². The Morgan fingerprint density at radius 2 is 2.06 bits per heavy atom. The zero-order valence-electron chi connectivity index (χ0n) is 8.94. The lowest BCUT2D eigenvalue weighted by molar-refractivity contribution is -0.137. The first kappa shape index (κ1) is 12.4. The second-order valence-electron chi connectivity index (χ2n) is 3.66. The fourth-order valence-electron chi connectivity index (χ4n) is 1.52. The van der Waals surface area contributed by atoms with Gasteiger partial charge in [-0.15, -0.1) is 0 Å². The molecule has 0 spiro atoms. The van der Waals surface area contributed by atoms with Gasteiger partial charge in [0.2, 0.25) is 0 Å². The maximum Gasteiger partial charge on any atom is 0.416 e. The Bertz CT molecular complexity index is 547. The molecule has 1 heterocycles. The first-order valence-electron chi connectivity index (χ1n) is 5.08. The Balaban J connectivity index is 2.57. The van der Waals surface area contributed by atoms with Crippen molar-refractivity contribution in [2.75, 3.05) is 0 Å². The van der Waals surface area contributed by atoms with Crippen LogP contribution in [0.4, 0.5) is 13.2 Å². The number of nitrogens with zero attached hydrogens (tertiary/aromatic N) is 1. The molecule has 0 atom stereocenters. The molecular formula is C11H9BrF3NO. The van der Waals surface area contributed by atoms with Gasteiger partial charge in [-0.05, 0) is 34.5 Å². The molecule has 2 nitrogen and oxygen atoms in total. The molecule has 2 aromatic rings. The smallest absolute Gasteiger partial charge is 0.416 e. The van der Waals surface area contributed by atoms with Crippen LogP contribution in [0.2, 0.25) is 0 Å². The molecule has 0 aliphatic heterocycles. The molecule has 0 fully saturated rings.